The summed E-state index contributed by atoms with van der Waals surface area (Å²) in [6.07, 6.45) is 0. The van der Waals surface area contributed by atoms with Crippen molar-refractivity contribution in [2.75, 3.05) is 16.8 Å². The molecule has 39 heavy (non-hydrogen) atoms. The molecule has 0 bridgehead atoms. The lowest BCUT2D eigenvalue weighted by Crippen LogP contribution is -2.10. The maximum atomic E-state index is 2.39. The third-order valence-corrected chi connectivity index (χ3v) is 7.64. The van der Waals surface area contributed by atoms with Crippen molar-refractivity contribution in [2.24, 2.45) is 0 Å². The Bertz CT molecular complexity index is 1760. The molecule has 0 aliphatic carbocycles. The van der Waals surface area contributed by atoms with Gasteiger partial charge in [0, 0.05) is 35.2 Å². The van der Waals surface area contributed by atoms with E-state index in [0.717, 1.165) is 17.1 Å². The maximum absolute atomic E-state index is 2.39. The van der Waals surface area contributed by atoms with Crippen molar-refractivity contribution >= 4 is 28.4 Å². The van der Waals surface area contributed by atoms with E-state index >= 15 is 0 Å². The summed E-state index contributed by atoms with van der Waals surface area (Å²) in [5.74, 6) is 0. The number of para-hydroxylation sites is 3. The molecule has 0 unspecified atom stereocenters. The Hall–Kier alpha value is -5.08. The topological polar surface area (TPSA) is 6.48 Å². The Morgan fingerprint density at radius 3 is 1.59 bits per heavy atom. The fourth-order valence-corrected chi connectivity index (χ4v) is 5.63. The van der Waals surface area contributed by atoms with Crippen molar-refractivity contribution in [2.45, 2.75) is 0 Å². The molecule has 0 N–H and O–H groups in total. The number of rotatable bonds is 4. The molecule has 0 saturated carbocycles. The van der Waals surface area contributed by atoms with E-state index in [2.05, 4.69) is 169 Å². The zero-order valence-corrected chi connectivity index (χ0v) is 21.8. The van der Waals surface area contributed by atoms with Crippen molar-refractivity contribution in [3.63, 3.8) is 0 Å². The van der Waals surface area contributed by atoms with E-state index in [1.165, 1.54) is 44.8 Å². The van der Waals surface area contributed by atoms with Crippen LogP contribution >= 0.6 is 0 Å². The first-order chi connectivity index (χ1) is 19.3. The largest absolute Gasteiger partial charge is 0.345 e. The van der Waals surface area contributed by atoms with E-state index in [4.69, 9.17) is 0 Å². The number of anilines is 5. The Morgan fingerprint density at radius 1 is 0.410 bits per heavy atom. The molecule has 0 spiro atoms. The third-order valence-electron chi connectivity index (χ3n) is 7.64. The van der Waals surface area contributed by atoms with E-state index in [9.17, 15) is 0 Å². The molecule has 186 valence electrons. The van der Waals surface area contributed by atoms with E-state index < -0.39 is 0 Å². The molecular weight excluding hydrogens is 472 g/mol. The first-order valence-corrected chi connectivity index (χ1v) is 13.4. The molecule has 0 fully saturated rings. The Balaban J connectivity index is 1.35. The van der Waals surface area contributed by atoms with E-state index in [1.807, 2.05) is 0 Å². The van der Waals surface area contributed by atoms with Gasteiger partial charge in [0.25, 0.3) is 0 Å². The molecule has 1 aliphatic rings. The Kier molecular flexibility index (Phi) is 5.71. The number of fused-ring (bicyclic) bond motifs is 5. The maximum Gasteiger partial charge on any atom is 0.0540 e. The highest BCUT2D eigenvalue weighted by molar-refractivity contribution is 6.03. The van der Waals surface area contributed by atoms with Crippen LogP contribution in [0.4, 0.5) is 28.4 Å². The van der Waals surface area contributed by atoms with E-state index in [1.54, 1.807) is 0 Å². The standard InChI is InChI=1S/C37H28N2/c1-38(29-22-20-28(21-23-29)27-12-4-2-5-13-27)31-24-25-32-33-16-8-10-18-36(33)39(30-14-6-3-7-15-30)37-19-11-9-17-34(37)35(32)26-31/h2-26H,1H3. The molecule has 6 aromatic rings. The van der Waals surface area contributed by atoms with Gasteiger partial charge in [-0.25, -0.2) is 0 Å². The highest BCUT2D eigenvalue weighted by atomic mass is 15.1. The monoisotopic (exact) mass is 500 g/mol. The van der Waals surface area contributed by atoms with Gasteiger partial charge in [-0.05, 0) is 70.8 Å². The van der Waals surface area contributed by atoms with Crippen molar-refractivity contribution < 1.29 is 0 Å². The molecule has 1 aliphatic heterocycles. The molecule has 0 amide bonds. The van der Waals surface area contributed by atoms with Crippen molar-refractivity contribution in [3.05, 3.63) is 152 Å². The number of benzene rings is 6. The van der Waals surface area contributed by atoms with Gasteiger partial charge >= 0.3 is 0 Å². The summed E-state index contributed by atoms with van der Waals surface area (Å²) in [7, 11) is 2.14. The lowest BCUT2D eigenvalue weighted by molar-refractivity contribution is 1.21. The van der Waals surface area contributed by atoms with Crippen LogP contribution in [0, 0.1) is 0 Å². The summed E-state index contributed by atoms with van der Waals surface area (Å²) in [4.78, 5) is 4.65. The molecule has 0 saturated heterocycles. The number of hydrogen-bond donors (Lipinski definition) is 0. The minimum atomic E-state index is 1.15. The molecular formula is C37H28N2. The van der Waals surface area contributed by atoms with Crippen LogP contribution in [0.15, 0.2) is 152 Å². The molecule has 0 aromatic heterocycles. The Labute approximate surface area is 230 Å². The van der Waals surface area contributed by atoms with Crippen LogP contribution in [0.1, 0.15) is 0 Å². The molecule has 7 rings (SSSR count). The Morgan fingerprint density at radius 2 is 0.923 bits per heavy atom. The van der Waals surface area contributed by atoms with Gasteiger partial charge in [-0.2, -0.15) is 0 Å². The van der Waals surface area contributed by atoms with Crippen LogP contribution in [-0.4, -0.2) is 7.05 Å². The van der Waals surface area contributed by atoms with Crippen molar-refractivity contribution in [1.82, 2.24) is 0 Å². The van der Waals surface area contributed by atoms with Crippen LogP contribution in [0.3, 0.4) is 0 Å². The zero-order chi connectivity index (χ0) is 26.2. The average Bonchev–Trinajstić information content (AvgIpc) is 3.14. The third kappa shape index (κ3) is 4.07. The summed E-state index contributed by atoms with van der Waals surface area (Å²) in [5.41, 5.74) is 13.2. The highest BCUT2D eigenvalue weighted by Gasteiger charge is 2.26. The highest BCUT2D eigenvalue weighted by Crippen LogP contribution is 2.51. The van der Waals surface area contributed by atoms with Crippen LogP contribution in [-0.2, 0) is 0 Å². The van der Waals surface area contributed by atoms with Crippen LogP contribution in [0.5, 0.6) is 0 Å². The average molecular weight is 501 g/mol. The predicted molar refractivity (Wildman–Crippen MR) is 165 cm³/mol. The van der Waals surface area contributed by atoms with Crippen LogP contribution in [0.25, 0.3) is 33.4 Å². The quantitative estimate of drug-likeness (QED) is 0.237. The zero-order valence-electron chi connectivity index (χ0n) is 21.8. The van der Waals surface area contributed by atoms with Crippen molar-refractivity contribution in [1.29, 1.82) is 0 Å². The first kappa shape index (κ1) is 23.1. The molecule has 0 atom stereocenters. The predicted octanol–water partition coefficient (Wildman–Crippen LogP) is 10.2. The summed E-state index contributed by atoms with van der Waals surface area (Å²) in [5, 5.41) is 0. The summed E-state index contributed by atoms with van der Waals surface area (Å²) < 4.78 is 0. The van der Waals surface area contributed by atoms with E-state index in [-0.39, 0.29) is 0 Å². The minimum Gasteiger partial charge on any atom is -0.345 e. The summed E-state index contributed by atoms with van der Waals surface area (Å²) in [6.45, 7) is 0. The van der Waals surface area contributed by atoms with Gasteiger partial charge in [0.05, 0.1) is 11.4 Å². The SMILES string of the molecule is CN(c1ccc(-c2ccccc2)cc1)c1ccc2c(c1)-c1ccccc1N(c1ccccc1)c1ccccc1-2. The number of nitrogens with zero attached hydrogens (tertiary/aromatic N) is 2. The fraction of sp³-hybridized carbons (Fsp3) is 0.0270. The van der Waals surface area contributed by atoms with Gasteiger partial charge in [-0.3, -0.25) is 0 Å². The lowest BCUT2D eigenvalue weighted by Gasteiger charge is -2.27. The normalized spacial score (nSPS) is 11.7. The first-order valence-electron chi connectivity index (χ1n) is 13.4. The van der Waals surface area contributed by atoms with Crippen molar-refractivity contribution in [3.8, 4) is 33.4 Å². The smallest absolute Gasteiger partial charge is 0.0540 e. The summed E-state index contributed by atoms with van der Waals surface area (Å²) >= 11 is 0. The van der Waals surface area contributed by atoms with Crippen LogP contribution < -0.4 is 9.80 Å². The lowest BCUT2D eigenvalue weighted by atomic mass is 9.94. The van der Waals surface area contributed by atoms with Gasteiger partial charge < -0.3 is 9.80 Å². The summed E-state index contributed by atoms with van der Waals surface area (Å²) in [6, 6.07) is 54.3. The van der Waals surface area contributed by atoms with Gasteiger partial charge in [0.1, 0.15) is 0 Å². The molecule has 2 heteroatoms. The minimum absolute atomic E-state index is 1.15. The number of hydrogen-bond acceptors (Lipinski definition) is 2. The van der Waals surface area contributed by atoms with E-state index in [0.29, 0.717) is 0 Å². The second kappa shape index (κ2) is 9.66. The fourth-order valence-electron chi connectivity index (χ4n) is 5.63. The second-order valence-corrected chi connectivity index (χ2v) is 9.91. The molecule has 2 nitrogen and oxygen atoms in total. The second-order valence-electron chi connectivity index (χ2n) is 9.91. The van der Waals surface area contributed by atoms with Gasteiger partial charge in [-0.15, -0.1) is 0 Å². The van der Waals surface area contributed by atoms with Gasteiger partial charge in [0.2, 0.25) is 0 Å². The van der Waals surface area contributed by atoms with Gasteiger partial charge in [0.15, 0.2) is 0 Å². The van der Waals surface area contributed by atoms with Crippen LogP contribution in [0.2, 0.25) is 0 Å². The molecule has 0 radical (unpaired) electrons. The van der Waals surface area contributed by atoms with Gasteiger partial charge in [-0.1, -0.05) is 103 Å². The molecule has 6 aromatic carbocycles. The molecule has 1 heterocycles.